The molecule has 0 aliphatic carbocycles. The van der Waals surface area contributed by atoms with Crippen LogP contribution in [0.4, 0.5) is 5.69 Å². The number of nitrogens with one attached hydrogen (secondary N) is 2. The highest BCUT2D eigenvalue weighted by Gasteiger charge is 2.23. The third-order valence-corrected chi connectivity index (χ3v) is 4.80. The van der Waals surface area contributed by atoms with Crippen LogP contribution in [0.2, 0.25) is 0 Å². The Hall–Kier alpha value is -3.86. The van der Waals surface area contributed by atoms with Gasteiger partial charge in [-0.1, -0.05) is 60.7 Å². The third-order valence-electron chi connectivity index (χ3n) is 4.80. The molecule has 2 N–H and O–H groups in total. The van der Waals surface area contributed by atoms with Crippen LogP contribution in [0.1, 0.15) is 27.9 Å². The van der Waals surface area contributed by atoms with Gasteiger partial charge >= 0.3 is 0 Å². The molecule has 0 unspecified atom stereocenters. The maximum atomic E-state index is 12.5. The van der Waals surface area contributed by atoms with Gasteiger partial charge in [0.05, 0.1) is 5.69 Å². The van der Waals surface area contributed by atoms with Crippen molar-refractivity contribution < 1.29 is 14.3 Å². The smallest absolute Gasteiger partial charge is 0.291 e. The van der Waals surface area contributed by atoms with Gasteiger partial charge in [0.25, 0.3) is 11.8 Å². The molecule has 0 bridgehead atoms. The molecule has 1 aliphatic rings. The van der Waals surface area contributed by atoms with Crippen LogP contribution in [0.25, 0.3) is 6.08 Å². The summed E-state index contributed by atoms with van der Waals surface area (Å²) in [5.41, 5.74) is 3.09. The van der Waals surface area contributed by atoms with E-state index in [0.29, 0.717) is 23.5 Å². The van der Waals surface area contributed by atoms with Gasteiger partial charge in [-0.05, 0) is 48.2 Å². The Kier molecular flexibility index (Phi) is 5.90. The minimum Gasteiger partial charge on any atom is -0.449 e. The number of ether oxygens (including phenoxy) is 1. The minimum absolute atomic E-state index is 0.175. The molecule has 0 radical (unpaired) electrons. The summed E-state index contributed by atoms with van der Waals surface area (Å²) in [4.78, 5) is 24.8. The maximum absolute atomic E-state index is 12.5. The first-order valence-electron chi connectivity index (χ1n) is 9.91. The van der Waals surface area contributed by atoms with E-state index in [9.17, 15) is 9.59 Å². The fourth-order valence-electron chi connectivity index (χ4n) is 3.24. The molecule has 150 valence electrons. The highest BCUT2D eigenvalue weighted by molar-refractivity contribution is 6.09. The Balaban J connectivity index is 1.37. The van der Waals surface area contributed by atoms with Crippen molar-refractivity contribution in [3.8, 4) is 5.75 Å². The number of hydrogen-bond donors (Lipinski definition) is 2. The van der Waals surface area contributed by atoms with Crippen molar-refractivity contribution in [3.63, 3.8) is 0 Å². The molecule has 0 spiro atoms. The standard InChI is InChI=1S/C25H22N2O3/c28-24(26-15-7-12-18-8-3-1-4-9-18)20-13-14-22-21(17-20)27-25(29)23(30-22)16-19-10-5-2-6-11-19/h1-6,8-11,13-14,16-17H,7,12,15H2,(H,26,28)(H,27,29)/b23-16+. The first-order valence-corrected chi connectivity index (χ1v) is 9.91. The summed E-state index contributed by atoms with van der Waals surface area (Å²) in [6, 6.07) is 24.7. The summed E-state index contributed by atoms with van der Waals surface area (Å²) < 4.78 is 5.75. The second-order valence-corrected chi connectivity index (χ2v) is 7.03. The van der Waals surface area contributed by atoms with E-state index < -0.39 is 0 Å². The number of benzene rings is 3. The number of aryl methyl sites for hydroxylation is 1. The number of hydrogen-bond acceptors (Lipinski definition) is 3. The minimum atomic E-state index is -0.341. The van der Waals surface area contributed by atoms with Crippen LogP contribution in [0, 0.1) is 0 Å². The Morgan fingerprint density at radius 3 is 2.47 bits per heavy atom. The average Bonchev–Trinajstić information content (AvgIpc) is 2.78. The van der Waals surface area contributed by atoms with Crippen molar-refractivity contribution in [1.82, 2.24) is 5.32 Å². The van der Waals surface area contributed by atoms with Crippen LogP contribution >= 0.6 is 0 Å². The van der Waals surface area contributed by atoms with E-state index in [-0.39, 0.29) is 17.6 Å². The Labute approximate surface area is 175 Å². The van der Waals surface area contributed by atoms with Crippen molar-refractivity contribution in [2.75, 3.05) is 11.9 Å². The van der Waals surface area contributed by atoms with Gasteiger partial charge in [0.1, 0.15) is 0 Å². The summed E-state index contributed by atoms with van der Waals surface area (Å²) >= 11 is 0. The second-order valence-electron chi connectivity index (χ2n) is 7.03. The monoisotopic (exact) mass is 398 g/mol. The van der Waals surface area contributed by atoms with Crippen LogP contribution in [-0.2, 0) is 11.2 Å². The van der Waals surface area contributed by atoms with Crippen LogP contribution in [0.3, 0.4) is 0 Å². The molecule has 30 heavy (non-hydrogen) atoms. The van der Waals surface area contributed by atoms with Crippen LogP contribution in [-0.4, -0.2) is 18.4 Å². The zero-order valence-corrected chi connectivity index (χ0v) is 16.4. The van der Waals surface area contributed by atoms with E-state index in [1.165, 1.54) is 5.56 Å². The quantitative estimate of drug-likeness (QED) is 0.477. The maximum Gasteiger partial charge on any atom is 0.291 e. The van der Waals surface area contributed by atoms with Gasteiger partial charge in [-0.2, -0.15) is 0 Å². The fraction of sp³-hybridized carbons (Fsp3) is 0.120. The average molecular weight is 398 g/mol. The molecule has 5 heteroatoms. The fourth-order valence-corrected chi connectivity index (χ4v) is 3.24. The molecule has 1 aliphatic heterocycles. The van der Waals surface area contributed by atoms with Gasteiger partial charge in [-0.15, -0.1) is 0 Å². The topological polar surface area (TPSA) is 67.4 Å². The molecule has 3 aromatic carbocycles. The Morgan fingerprint density at radius 2 is 1.70 bits per heavy atom. The zero-order valence-electron chi connectivity index (χ0n) is 16.4. The predicted molar refractivity (Wildman–Crippen MR) is 117 cm³/mol. The lowest BCUT2D eigenvalue weighted by Gasteiger charge is -2.20. The Morgan fingerprint density at radius 1 is 0.967 bits per heavy atom. The third kappa shape index (κ3) is 4.75. The normalized spacial score (nSPS) is 13.9. The summed E-state index contributed by atoms with van der Waals surface area (Å²) in [6.07, 6.45) is 3.45. The van der Waals surface area contributed by atoms with E-state index in [2.05, 4.69) is 22.8 Å². The van der Waals surface area contributed by atoms with Gasteiger partial charge in [0.15, 0.2) is 11.5 Å². The molecular formula is C25H22N2O3. The molecule has 0 saturated carbocycles. The first-order chi connectivity index (χ1) is 14.7. The Bertz CT molecular complexity index is 1080. The summed E-state index contributed by atoms with van der Waals surface area (Å²) in [5, 5.41) is 5.73. The number of amides is 2. The molecule has 1 heterocycles. The van der Waals surface area contributed by atoms with Crippen molar-refractivity contribution in [1.29, 1.82) is 0 Å². The predicted octanol–water partition coefficient (Wildman–Crippen LogP) is 4.42. The summed E-state index contributed by atoms with van der Waals surface area (Å²) in [6.45, 7) is 0.581. The van der Waals surface area contributed by atoms with Crippen molar-refractivity contribution in [2.24, 2.45) is 0 Å². The van der Waals surface area contributed by atoms with E-state index in [0.717, 1.165) is 18.4 Å². The van der Waals surface area contributed by atoms with Gasteiger partial charge in [0.2, 0.25) is 0 Å². The van der Waals surface area contributed by atoms with Crippen LogP contribution in [0.5, 0.6) is 5.75 Å². The molecular weight excluding hydrogens is 376 g/mol. The van der Waals surface area contributed by atoms with Gasteiger partial charge in [0, 0.05) is 12.1 Å². The lowest BCUT2D eigenvalue weighted by Crippen LogP contribution is -2.26. The van der Waals surface area contributed by atoms with Gasteiger partial charge < -0.3 is 15.4 Å². The largest absolute Gasteiger partial charge is 0.449 e. The highest BCUT2D eigenvalue weighted by Crippen LogP contribution is 2.32. The molecule has 2 amide bonds. The molecule has 3 aromatic rings. The van der Waals surface area contributed by atoms with Gasteiger partial charge in [-0.25, -0.2) is 0 Å². The van der Waals surface area contributed by atoms with Gasteiger partial charge in [-0.3, -0.25) is 9.59 Å². The second kappa shape index (κ2) is 9.09. The van der Waals surface area contributed by atoms with Crippen molar-refractivity contribution in [2.45, 2.75) is 12.8 Å². The number of carbonyl (C=O) groups is 2. The van der Waals surface area contributed by atoms with E-state index in [1.54, 1.807) is 24.3 Å². The first kappa shape index (κ1) is 19.5. The number of fused-ring (bicyclic) bond motifs is 1. The van der Waals surface area contributed by atoms with Crippen LogP contribution < -0.4 is 15.4 Å². The SMILES string of the molecule is O=C1Nc2cc(C(=O)NCCCc3ccccc3)ccc2O/C1=C/c1ccccc1. The molecule has 0 saturated heterocycles. The van der Waals surface area contributed by atoms with Crippen LogP contribution in [0.15, 0.2) is 84.6 Å². The van der Waals surface area contributed by atoms with Crippen molar-refractivity contribution in [3.05, 3.63) is 101 Å². The molecule has 4 rings (SSSR count). The molecule has 5 nitrogen and oxygen atoms in total. The number of anilines is 1. The van der Waals surface area contributed by atoms with E-state index in [4.69, 9.17) is 4.74 Å². The lowest BCUT2D eigenvalue weighted by molar-refractivity contribution is -0.115. The number of carbonyl (C=O) groups excluding carboxylic acids is 2. The molecule has 0 aromatic heterocycles. The van der Waals surface area contributed by atoms with Crippen molar-refractivity contribution >= 4 is 23.6 Å². The molecule has 0 fully saturated rings. The summed E-state index contributed by atoms with van der Waals surface area (Å²) in [7, 11) is 0. The zero-order chi connectivity index (χ0) is 20.8. The number of rotatable bonds is 6. The molecule has 0 atom stereocenters. The van der Waals surface area contributed by atoms with E-state index in [1.807, 2.05) is 48.5 Å². The summed E-state index contributed by atoms with van der Waals surface area (Å²) in [5.74, 6) is 0.210. The van der Waals surface area contributed by atoms with E-state index >= 15 is 0 Å². The lowest BCUT2D eigenvalue weighted by atomic mass is 10.1. The highest BCUT2D eigenvalue weighted by atomic mass is 16.5.